The summed E-state index contributed by atoms with van der Waals surface area (Å²) in [5.74, 6) is 0.0199. The quantitative estimate of drug-likeness (QED) is 0.671. The van der Waals surface area contributed by atoms with E-state index in [2.05, 4.69) is 15.3 Å². The first-order valence-corrected chi connectivity index (χ1v) is 6.15. The van der Waals surface area contributed by atoms with E-state index >= 15 is 0 Å². The molecule has 7 nitrogen and oxygen atoms in total. The van der Waals surface area contributed by atoms with Gasteiger partial charge in [-0.15, -0.1) is 0 Å². The Morgan fingerprint density at radius 1 is 1.33 bits per heavy atom. The molecule has 1 aromatic heterocycles. The van der Waals surface area contributed by atoms with Crippen molar-refractivity contribution < 1.29 is 9.31 Å². The minimum absolute atomic E-state index is 0.149. The van der Waals surface area contributed by atoms with Crippen LogP contribution in [0.25, 0.3) is 0 Å². The third-order valence-electron chi connectivity index (χ3n) is 2.92. The van der Waals surface area contributed by atoms with Gasteiger partial charge >= 0.3 is 5.69 Å². The first-order chi connectivity index (χ1) is 10.0. The molecule has 1 N–H and O–H groups in total. The van der Waals surface area contributed by atoms with E-state index < -0.39 is 4.92 Å². The monoisotopic (exact) mass is 291 g/mol. The second kappa shape index (κ2) is 6.12. The molecular weight excluding hydrogens is 277 g/mol. The molecule has 21 heavy (non-hydrogen) atoms. The molecule has 110 valence electrons. The molecule has 2 rings (SSSR count). The van der Waals surface area contributed by atoms with Gasteiger partial charge in [0.15, 0.2) is 0 Å². The maximum Gasteiger partial charge on any atom is 0.353 e. The highest BCUT2D eigenvalue weighted by molar-refractivity contribution is 5.69. The molecule has 0 atom stereocenters. The van der Waals surface area contributed by atoms with Crippen LogP contribution in [0.5, 0.6) is 0 Å². The number of nitrogens with zero attached hydrogens (tertiary/aromatic N) is 4. The van der Waals surface area contributed by atoms with E-state index in [0.717, 1.165) is 5.56 Å². The highest BCUT2D eigenvalue weighted by Crippen LogP contribution is 2.31. The van der Waals surface area contributed by atoms with E-state index in [1.807, 2.05) is 0 Å². The molecule has 0 amide bonds. The van der Waals surface area contributed by atoms with Crippen molar-refractivity contribution >= 4 is 17.3 Å². The van der Waals surface area contributed by atoms with Crippen LogP contribution in [0.1, 0.15) is 5.56 Å². The van der Waals surface area contributed by atoms with Crippen molar-refractivity contribution in [1.82, 2.24) is 9.97 Å². The smallest absolute Gasteiger partial charge is 0.353 e. The first kappa shape index (κ1) is 14.6. The second-order valence-electron chi connectivity index (χ2n) is 4.38. The van der Waals surface area contributed by atoms with Crippen LogP contribution in [0.15, 0.2) is 30.6 Å². The van der Waals surface area contributed by atoms with Gasteiger partial charge in [0.05, 0.1) is 4.92 Å². The summed E-state index contributed by atoms with van der Waals surface area (Å²) in [7, 11) is 3.23. The number of benzene rings is 1. The first-order valence-electron chi connectivity index (χ1n) is 6.15. The third-order valence-corrected chi connectivity index (χ3v) is 2.92. The number of rotatable bonds is 5. The molecule has 0 saturated heterocycles. The van der Waals surface area contributed by atoms with Crippen LogP contribution in [-0.4, -0.2) is 29.0 Å². The van der Waals surface area contributed by atoms with Gasteiger partial charge in [-0.05, 0) is 17.7 Å². The van der Waals surface area contributed by atoms with E-state index in [0.29, 0.717) is 6.54 Å². The van der Waals surface area contributed by atoms with Crippen LogP contribution in [0.3, 0.4) is 0 Å². The van der Waals surface area contributed by atoms with Crippen LogP contribution in [0.2, 0.25) is 0 Å². The predicted octanol–water partition coefficient (Wildman–Crippen LogP) is 2.20. The van der Waals surface area contributed by atoms with Crippen LogP contribution >= 0.6 is 0 Å². The molecule has 2 aromatic rings. The lowest BCUT2D eigenvalue weighted by molar-refractivity contribution is -0.383. The Morgan fingerprint density at radius 2 is 2.00 bits per heavy atom. The lowest BCUT2D eigenvalue weighted by Crippen LogP contribution is -2.20. The van der Waals surface area contributed by atoms with Crippen molar-refractivity contribution in [2.45, 2.75) is 6.54 Å². The fourth-order valence-corrected chi connectivity index (χ4v) is 1.94. The van der Waals surface area contributed by atoms with Gasteiger partial charge in [-0.1, -0.05) is 12.1 Å². The molecule has 1 aromatic carbocycles. The van der Waals surface area contributed by atoms with Gasteiger partial charge in [-0.2, -0.15) is 0 Å². The third kappa shape index (κ3) is 3.22. The number of nitro groups is 1. The maximum atomic E-state index is 12.9. The summed E-state index contributed by atoms with van der Waals surface area (Å²) in [6.45, 7) is 0.362. The average molecular weight is 291 g/mol. The van der Waals surface area contributed by atoms with Gasteiger partial charge in [-0.3, -0.25) is 10.1 Å². The zero-order valence-corrected chi connectivity index (χ0v) is 11.6. The highest BCUT2D eigenvalue weighted by atomic mass is 19.1. The number of halogens is 1. The Bertz CT molecular complexity index is 648. The number of nitrogens with one attached hydrogen (secondary N) is 1. The summed E-state index contributed by atoms with van der Waals surface area (Å²) in [6, 6.07) is 5.93. The Kier molecular flexibility index (Phi) is 4.27. The zero-order chi connectivity index (χ0) is 15.4. The van der Waals surface area contributed by atoms with E-state index in [1.54, 1.807) is 31.1 Å². The van der Waals surface area contributed by atoms with Gasteiger partial charge in [-0.25, -0.2) is 14.4 Å². The van der Waals surface area contributed by atoms with Gasteiger partial charge < -0.3 is 10.2 Å². The molecular formula is C13H14FN5O2. The van der Waals surface area contributed by atoms with E-state index in [9.17, 15) is 14.5 Å². The molecule has 8 heteroatoms. The van der Waals surface area contributed by atoms with Crippen molar-refractivity contribution in [3.05, 3.63) is 52.1 Å². The molecule has 0 spiro atoms. The molecule has 0 saturated carbocycles. The molecule has 0 fully saturated rings. The SMILES string of the molecule is CNc1ncnc(N(C)Cc2ccc(F)cc2)c1[N+](=O)[O-]. The second-order valence-corrected chi connectivity index (χ2v) is 4.38. The van der Waals surface area contributed by atoms with E-state index in [4.69, 9.17) is 0 Å². The summed E-state index contributed by atoms with van der Waals surface area (Å²) in [5, 5.41) is 13.9. The van der Waals surface area contributed by atoms with Crippen molar-refractivity contribution in [2.75, 3.05) is 24.3 Å². The lowest BCUT2D eigenvalue weighted by Gasteiger charge is -2.18. The van der Waals surface area contributed by atoms with E-state index in [1.165, 1.54) is 18.5 Å². The predicted molar refractivity (Wildman–Crippen MR) is 76.7 cm³/mol. The molecule has 0 unspecified atom stereocenters. The normalized spacial score (nSPS) is 10.2. The molecule has 0 aliphatic rings. The van der Waals surface area contributed by atoms with Crippen LogP contribution in [0.4, 0.5) is 21.7 Å². The summed E-state index contributed by atoms with van der Waals surface area (Å²) < 4.78 is 12.9. The number of hydrogen-bond acceptors (Lipinski definition) is 6. The Labute approximate surface area is 120 Å². The zero-order valence-electron chi connectivity index (χ0n) is 11.6. The summed E-state index contributed by atoms with van der Waals surface area (Å²) >= 11 is 0. The minimum atomic E-state index is -0.525. The molecule has 1 heterocycles. The number of anilines is 2. The highest BCUT2D eigenvalue weighted by Gasteiger charge is 2.24. The van der Waals surface area contributed by atoms with Crippen molar-refractivity contribution in [1.29, 1.82) is 0 Å². The Morgan fingerprint density at radius 3 is 2.57 bits per heavy atom. The molecule has 0 aliphatic carbocycles. The number of aromatic nitrogens is 2. The van der Waals surface area contributed by atoms with Gasteiger partial charge in [0.25, 0.3) is 0 Å². The van der Waals surface area contributed by atoms with Crippen LogP contribution in [-0.2, 0) is 6.54 Å². The van der Waals surface area contributed by atoms with Gasteiger partial charge in [0.2, 0.25) is 11.6 Å². The van der Waals surface area contributed by atoms with Crippen molar-refractivity contribution in [3.8, 4) is 0 Å². The molecule has 0 bridgehead atoms. The average Bonchev–Trinajstić information content (AvgIpc) is 2.48. The molecule has 0 aliphatic heterocycles. The van der Waals surface area contributed by atoms with E-state index in [-0.39, 0.29) is 23.1 Å². The summed E-state index contributed by atoms with van der Waals surface area (Å²) in [4.78, 5) is 20.1. The van der Waals surface area contributed by atoms with Crippen molar-refractivity contribution in [3.63, 3.8) is 0 Å². The standard InChI is InChI=1S/C13H14FN5O2/c1-15-12-11(19(20)21)13(17-8-16-12)18(2)7-9-3-5-10(14)6-4-9/h3-6,8H,7H2,1-2H3,(H,15,16,17). The van der Waals surface area contributed by atoms with Crippen molar-refractivity contribution in [2.24, 2.45) is 0 Å². The summed E-state index contributed by atoms with van der Waals surface area (Å²) in [5.41, 5.74) is 0.627. The molecule has 0 radical (unpaired) electrons. The van der Waals surface area contributed by atoms with Gasteiger partial charge in [0.1, 0.15) is 12.1 Å². The fourth-order valence-electron chi connectivity index (χ4n) is 1.94. The Balaban J connectivity index is 2.32. The topological polar surface area (TPSA) is 84.2 Å². The summed E-state index contributed by atoms with van der Waals surface area (Å²) in [6.07, 6.45) is 1.26. The largest absolute Gasteiger partial charge is 0.367 e. The lowest BCUT2D eigenvalue weighted by atomic mass is 10.2. The maximum absolute atomic E-state index is 12.9. The van der Waals surface area contributed by atoms with Crippen LogP contribution in [0, 0.1) is 15.9 Å². The Hall–Kier alpha value is -2.77. The van der Waals surface area contributed by atoms with Gasteiger partial charge in [0, 0.05) is 20.6 Å². The minimum Gasteiger partial charge on any atom is -0.367 e. The number of hydrogen-bond donors (Lipinski definition) is 1. The fraction of sp³-hybridized carbons (Fsp3) is 0.231. The van der Waals surface area contributed by atoms with Crippen LogP contribution < -0.4 is 10.2 Å².